The van der Waals surface area contributed by atoms with Gasteiger partial charge in [-0.3, -0.25) is 4.79 Å². The molecule has 18 heavy (non-hydrogen) atoms. The second kappa shape index (κ2) is 5.45. The van der Waals surface area contributed by atoms with Crippen LogP contribution in [0.1, 0.15) is 48.9 Å². The molecule has 1 N–H and O–H groups in total. The molecule has 96 valence electrons. The van der Waals surface area contributed by atoms with Crippen LogP contribution in [0, 0.1) is 11.3 Å². The van der Waals surface area contributed by atoms with Gasteiger partial charge in [-0.05, 0) is 30.5 Å². The maximum absolute atomic E-state index is 12.1. The van der Waals surface area contributed by atoms with E-state index in [0.29, 0.717) is 12.8 Å². The lowest BCUT2D eigenvalue weighted by molar-refractivity contribution is 0.0912. The quantitative estimate of drug-likeness (QED) is 0.836. The number of nitrogens with zero attached hydrogens (tertiary/aromatic N) is 1. The van der Waals surface area contributed by atoms with Gasteiger partial charge < -0.3 is 9.73 Å². The van der Waals surface area contributed by atoms with Crippen LogP contribution in [0.25, 0.3) is 0 Å². The monoisotopic (exact) mass is 266 g/mol. The minimum Gasteiger partial charge on any atom is -0.452 e. The van der Waals surface area contributed by atoms with Gasteiger partial charge in [0.2, 0.25) is 5.22 Å². The minimum atomic E-state index is -0.756. The fourth-order valence-corrected chi connectivity index (χ4v) is 2.54. The fraction of sp³-hybridized carbons (Fsp3) is 0.538. The topological polar surface area (TPSA) is 66.0 Å². The molecule has 0 saturated heterocycles. The molecule has 1 heterocycles. The average molecular weight is 267 g/mol. The van der Waals surface area contributed by atoms with E-state index in [9.17, 15) is 10.1 Å². The van der Waals surface area contributed by atoms with Crippen molar-refractivity contribution >= 4 is 17.5 Å². The minimum absolute atomic E-state index is 0.0641. The van der Waals surface area contributed by atoms with Gasteiger partial charge in [-0.25, -0.2) is 0 Å². The van der Waals surface area contributed by atoms with Crippen LogP contribution >= 0.6 is 11.6 Å². The number of amides is 1. The molecule has 1 fully saturated rings. The standard InChI is InChI=1S/C13H15ClN2O2/c14-11-10(5-8-18-11)12(17)16-13(9-15)6-3-1-2-4-7-13/h5,8H,1-4,6-7H2,(H,16,17). The van der Waals surface area contributed by atoms with Crippen LogP contribution in [-0.4, -0.2) is 11.4 Å². The van der Waals surface area contributed by atoms with E-state index in [1.54, 1.807) is 0 Å². The number of carbonyl (C=O) groups is 1. The highest BCUT2D eigenvalue weighted by molar-refractivity contribution is 6.32. The highest BCUT2D eigenvalue weighted by Gasteiger charge is 2.33. The van der Waals surface area contributed by atoms with E-state index in [-0.39, 0.29) is 16.7 Å². The maximum atomic E-state index is 12.1. The van der Waals surface area contributed by atoms with Gasteiger partial charge >= 0.3 is 0 Å². The van der Waals surface area contributed by atoms with Crippen LogP contribution in [0.2, 0.25) is 5.22 Å². The molecule has 1 amide bonds. The second-order valence-corrected chi connectivity index (χ2v) is 5.01. The first-order chi connectivity index (χ1) is 8.67. The van der Waals surface area contributed by atoms with Gasteiger partial charge in [-0.1, -0.05) is 25.7 Å². The lowest BCUT2D eigenvalue weighted by Gasteiger charge is -2.26. The van der Waals surface area contributed by atoms with Crippen LogP contribution in [0.4, 0.5) is 0 Å². The number of carbonyl (C=O) groups excluding carboxylic acids is 1. The summed E-state index contributed by atoms with van der Waals surface area (Å²) in [5, 5.41) is 12.2. The molecule has 1 aromatic rings. The molecule has 0 aliphatic heterocycles. The fourth-order valence-electron chi connectivity index (χ4n) is 2.34. The van der Waals surface area contributed by atoms with Crippen molar-refractivity contribution < 1.29 is 9.21 Å². The normalized spacial score (nSPS) is 18.7. The van der Waals surface area contributed by atoms with Gasteiger partial charge in [0, 0.05) is 0 Å². The van der Waals surface area contributed by atoms with Crippen molar-refractivity contribution in [3.05, 3.63) is 23.1 Å². The first kappa shape index (κ1) is 13.0. The summed E-state index contributed by atoms with van der Waals surface area (Å²) >= 11 is 5.76. The SMILES string of the molecule is N#CC1(NC(=O)c2ccoc2Cl)CCCCCC1. The molecule has 1 aliphatic rings. The van der Waals surface area contributed by atoms with Crippen molar-refractivity contribution in [2.45, 2.75) is 44.1 Å². The lowest BCUT2D eigenvalue weighted by atomic mass is 9.91. The molecular weight excluding hydrogens is 252 g/mol. The maximum Gasteiger partial charge on any atom is 0.257 e. The Morgan fingerprint density at radius 2 is 2.06 bits per heavy atom. The van der Waals surface area contributed by atoms with Crippen molar-refractivity contribution in [3.8, 4) is 6.07 Å². The molecule has 2 rings (SSSR count). The number of nitrogens with one attached hydrogen (secondary N) is 1. The van der Waals surface area contributed by atoms with Gasteiger partial charge in [0.1, 0.15) is 5.54 Å². The molecule has 4 nitrogen and oxygen atoms in total. The predicted octanol–water partition coefficient (Wildman–Crippen LogP) is 3.28. The summed E-state index contributed by atoms with van der Waals surface area (Å²) in [6, 6.07) is 3.78. The Morgan fingerprint density at radius 1 is 1.39 bits per heavy atom. The molecule has 0 radical (unpaired) electrons. The van der Waals surface area contributed by atoms with Crippen LogP contribution < -0.4 is 5.32 Å². The smallest absolute Gasteiger partial charge is 0.257 e. The molecule has 0 spiro atoms. The average Bonchev–Trinajstić information content (AvgIpc) is 2.66. The molecule has 0 aromatic carbocycles. The van der Waals surface area contributed by atoms with Crippen molar-refractivity contribution in [2.24, 2.45) is 0 Å². The Morgan fingerprint density at radius 3 is 2.56 bits per heavy atom. The summed E-state index contributed by atoms with van der Waals surface area (Å²) in [4.78, 5) is 12.1. The second-order valence-electron chi connectivity index (χ2n) is 4.67. The summed E-state index contributed by atoms with van der Waals surface area (Å²) in [5.74, 6) is -0.336. The van der Waals surface area contributed by atoms with Gasteiger partial charge in [-0.2, -0.15) is 5.26 Å². The first-order valence-corrected chi connectivity index (χ1v) is 6.51. The van der Waals surface area contributed by atoms with E-state index in [0.717, 1.165) is 25.7 Å². The first-order valence-electron chi connectivity index (χ1n) is 6.14. The van der Waals surface area contributed by atoms with Gasteiger partial charge in [-0.15, -0.1) is 0 Å². The third-order valence-electron chi connectivity index (χ3n) is 3.39. The summed E-state index contributed by atoms with van der Waals surface area (Å²) in [6.45, 7) is 0. The van der Waals surface area contributed by atoms with Crippen molar-refractivity contribution in [2.75, 3.05) is 0 Å². The van der Waals surface area contributed by atoms with Gasteiger partial charge in [0.05, 0.1) is 17.9 Å². The van der Waals surface area contributed by atoms with E-state index >= 15 is 0 Å². The van der Waals surface area contributed by atoms with Gasteiger partial charge in [0.25, 0.3) is 5.91 Å². The van der Waals surface area contributed by atoms with E-state index in [1.165, 1.54) is 12.3 Å². The summed E-state index contributed by atoms with van der Waals surface area (Å²) in [6.07, 6.45) is 6.93. The van der Waals surface area contributed by atoms with E-state index in [2.05, 4.69) is 11.4 Å². The van der Waals surface area contributed by atoms with Crippen molar-refractivity contribution in [1.82, 2.24) is 5.32 Å². The van der Waals surface area contributed by atoms with Crippen LogP contribution in [0.15, 0.2) is 16.7 Å². The third-order valence-corrected chi connectivity index (χ3v) is 3.68. The Hall–Kier alpha value is -1.47. The Labute approximate surface area is 111 Å². The Kier molecular flexibility index (Phi) is 3.93. The van der Waals surface area contributed by atoms with Crippen LogP contribution in [0.3, 0.4) is 0 Å². The molecule has 1 saturated carbocycles. The number of furan rings is 1. The molecule has 1 aromatic heterocycles. The molecule has 1 aliphatic carbocycles. The largest absolute Gasteiger partial charge is 0.452 e. The van der Waals surface area contributed by atoms with Crippen molar-refractivity contribution in [1.29, 1.82) is 5.26 Å². The summed E-state index contributed by atoms with van der Waals surface area (Å²) in [5.41, 5.74) is -0.468. The molecule has 0 atom stereocenters. The third kappa shape index (κ3) is 2.68. The molecule has 0 unspecified atom stereocenters. The van der Waals surface area contributed by atoms with Crippen LogP contribution in [-0.2, 0) is 0 Å². The number of nitriles is 1. The van der Waals surface area contributed by atoms with E-state index in [4.69, 9.17) is 16.0 Å². The van der Waals surface area contributed by atoms with E-state index in [1.807, 2.05) is 0 Å². The van der Waals surface area contributed by atoms with Crippen molar-refractivity contribution in [3.63, 3.8) is 0 Å². The number of halogens is 1. The lowest BCUT2D eigenvalue weighted by Crippen LogP contribution is -2.47. The molecular formula is C13H15ClN2O2. The van der Waals surface area contributed by atoms with E-state index < -0.39 is 5.54 Å². The molecule has 0 bridgehead atoms. The number of hydrogen-bond donors (Lipinski definition) is 1. The highest BCUT2D eigenvalue weighted by atomic mass is 35.5. The zero-order valence-electron chi connectivity index (χ0n) is 10.0. The number of rotatable bonds is 2. The highest BCUT2D eigenvalue weighted by Crippen LogP contribution is 2.27. The predicted molar refractivity (Wildman–Crippen MR) is 67.2 cm³/mol. The zero-order chi connectivity index (χ0) is 13.0. The molecule has 5 heteroatoms. The number of hydrogen-bond acceptors (Lipinski definition) is 3. The Balaban J connectivity index is 2.13. The van der Waals surface area contributed by atoms with Crippen LogP contribution in [0.5, 0.6) is 0 Å². The zero-order valence-corrected chi connectivity index (χ0v) is 10.8. The van der Waals surface area contributed by atoms with Gasteiger partial charge in [0.15, 0.2) is 0 Å². The Bertz CT molecular complexity index is 468. The summed E-state index contributed by atoms with van der Waals surface area (Å²) < 4.78 is 4.89. The summed E-state index contributed by atoms with van der Waals surface area (Å²) in [7, 11) is 0.